The number of aliphatic hydroxyl groups excluding tert-OH is 1. The van der Waals surface area contributed by atoms with E-state index in [1.54, 1.807) is 0 Å². The van der Waals surface area contributed by atoms with E-state index in [2.05, 4.69) is 20.8 Å². The maximum absolute atomic E-state index is 9.42. The third-order valence-electron chi connectivity index (χ3n) is 2.66. The minimum absolute atomic E-state index is 0.0209. The van der Waals surface area contributed by atoms with E-state index in [-0.39, 0.29) is 6.10 Å². The van der Waals surface area contributed by atoms with Gasteiger partial charge in [-0.15, -0.1) is 0 Å². The Morgan fingerprint density at radius 2 is 2.00 bits per heavy atom. The average Bonchev–Trinajstić information content (AvgIpc) is 2.64. The summed E-state index contributed by atoms with van der Waals surface area (Å²) < 4.78 is 0. The Labute approximate surface area is 63.4 Å². The van der Waals surface area contributed by atoms with Gasteiger partial charge in [0.2, 0.25) is 0 Å². The molecule has 0 aromatic carbocycles. The van der Waals surface area contributed by atoms with Gasteiger partial charge in [0.05, 0.1) is 6.10 Å². The van der Waals surface area contributed by atoms with Crippen LogP contribution < -0.4 is 0 Å². The summed E-state index contributed by atoms with van der Waals surface area (Å²) in [7, 11) is 0. The SMILES string of the molecule is CCC(O)C1CC1C(C)C. The second-order valence-corrected chi connectivity index (χ2v) is 3.78. The van der Waals surface area contributed by atoms with Crippen LogP contribution in [-0.2, 0) is 0 Å². The van der Waals surface area contributed by atoms with E-state index >= 15 is 0 Å². The molecule has 1 heteroatoms. The van der Waals surface area contributed by atoms with Crippen molar-refractivity contribution in [3.63, 3.8) is 0 Å². The fraction of sp³-hybridized carbons (Fsp3) is 1.00. The number of rotatable bonds is 3. The van der Waals surface area contributed by atoms with Gasteiger partial charge in [-0.25, -0.2) is 0 Å². The predicted molar refractivity (Wildman–Crippen MR) is 42.7 cm³/mol. The smallest absolute Gasteiger partial charge is 0.0568 e. The highest BCUT2D eigenvalue weighted by Crippen LogP contribution is 2.46. The van der Waals surface area contributed by atoms with Crippen molar-refractivity contribution >= 4 is 0 Å². The summed E-state index contributed by atoms with van der Waals surface area (Å²) in [5, 5.41) is 9.42. The summed E-state index contributed by atoms with van der Waals surface area (Å²) in [6.07, 6.45) is 2.16. The molecular formula is C9H18O. The zero-order valence-corrected chi connectivity index (χ0v) is 7.17. The summed E-state index contributed by atoms with van der Waals surface area (Å²) in [6, 6.07) is 0. The second kappa shape index (κ2) is 2.91. The maximum atomic E-state index is 9.42. The molecule has 0 radical (unpaired) electrons. The van der Waals surface area contributed by atoms with Crippen LogP contribution in [0.1, 0.15) is 33.6 Å². The number of hydrogen-bond acceptors (Lipinski definition) is 1. The monoisotopic (exact) mass is 142 g/mol. The molecule has 1 aliphatic rings. The molecule has 1 nitrogen and oxygen atoms in total. The van der Waals surface area contributed by atoms with Crippen LogP contribution in [0.2, 0.25) is 0 Å². The van der Waals surface area contributed by atoms with E-state index < -0.39 is 0 Å². The van der Waals surface area contributed by atoms with Crippen molar-refractivity contribution in [1.29, 1.82) is 0 Å². The van der Waals surface area contributed by atoms with Crippen molar-refractivity contribution in [3.05, 3.63) is 0 Å². The quantitative estimate of drug-likeness (QED) is 0.639. The lowest BCUT2D eigenvalue weighted by Gasteiger charge is -2.07. The Morgan fingerprint density at radius 1 is 1.40 bits per heavy atom. The summed E-state index contributed by atoms with van der Waals surface area (Å²) in [6.45, 7) is 6.54. The Balaban J connectivity index is 2.24. The molecule has 1 fully saturated rings. The molecule has 0 aromatic heterocycles. The first-order chi connectivity index (χ1) is 4.66. The van der Waals surface area contributed by atoms with E-state index in [0.29, 0.717) is 5.92 Å². The Hall–Kier alpha value is -0.0400. The molecule has 0 aromatic rings. The van der Waals surface area contributed by atoms with Gasteiger partial charge in [-0.1, -0.05) is 20.8 Å². The van der Waals surface area contributed by atoms with Gasteiger partial charge in [-0.2, -0.15) is 0 Å². The predicted octanol–water partition coefficient (Wildman–Crippen LogP) is 2.05. The van der Waals surface area contributed by atoms with E-state index in [0.717, 1.165) is 18.3 Å². The largest absolute Gasteiger partial charge is 0.393 e. The van der Waals surface area contributed by atoms with E-state index in [9.17, 15) is 5.11 Å². The van der Waals surface area contributed by atoms with Gasteiger partial charge in [0.1, 0.15) is 0 Å². The lowest BCUT2D eigenvalue weighted by atomic mass is 10.0. The molecule has 0 spiro atoms. The topological polar surface area (TPSA) is 20.2 Å². The van der Waals surface area contributed by atoms with Crippen molar-refractivity contribution in [2.75, 3.05) is 0 Å². The first kappa shape index (κ1) is 8.06. The van der Waals surface area contributed by atoms with Gasteiger partial charge in [0, 0.05) is 0 Å². The minimum Gasteiger partial charge on any atom is -0.393 e. The molecular weight excluding hydrogens is 124 g/mol. The molecule has 0 bridgehead atoms. The van der Waals surface area contributed by atoms with Crippen molar-refractivity contribution in [1.82, 2.24) is 0 Å². The van der Waals surface area contributed by atoms with Crippen LogP contribution in [0.25, 0.3) is 0 Å². The highest BCUT2D eigenvalue weighted by Gasteiger charge is 2.42. The van der Waals surface area contributed by atoms with Crippen LogP contribution in [0, 0.1) is 17.8 Å². The van der Waals surface area contributed by atoms with Gasteiger partial charge in [-0.3, -0.25) is 0 Å². The van der Waals surface area contributed by atoms with E-state index in [1.807, 2.05) is 0 Å². The van der Waals surface area contributed by atoms with Gasteiger partial charge in [-0.05, 0) is 30.6 Å². The molecule has 10 heavy (non-hydrogen) atoms. The third kappa shape index (κ3) is 1.51. The molecule has 1 aliphatic carbocycles. The highest BCUT2D eigenvalue weighted by molar-refractivity contribution is 4.92. The average molecular weight is 142 g/mol. The molecule has 0 aliphatic heterocycles. The van der Waals surface area contributed by atoms with Crippen LogP contribution in [0.3, 0.4) is 0 Å². The second-order valence-electron chi connectivity index (χ2n) is 3.78. The molecule has 1 rings (SSSR count). The zero-order valence-electron chi connectivity index (χ0n) is 7.17. The van der Waals surface area contributed by atoms with Gasteiger partial charge < -0.3 is 5.11 Å². The summed E-state index contributed by atoms with van der Waals surface area (Å²) in [5.74, 6) is 2.21. The van der Waals surface area contributed by atoms with Crippen LogP contribution in [0.15, 0.2) is 0 Å². The molecule has 60 valence electrons. The van der Waals surface area contributed by atoms with Gasteiger partial charge >= 0.3 is 0 Å². The summed E-state index contributed by atoms with van der Waals surface area (Å²) in [5.41, 5.74) is 0. The number of aliphatic hydroxyl groups is 1. The summed E-state index contributed by atoms with van der Waals surface area (Å²) in [4.78, 5) is 0. The lowest BCUT2D eigenvalue weighted by molar-refractivity contribution is 0.137. The molecule has 1 N–H and O–H groups in total. The van der Waals surface area contributed by atoms with Crippen molar-refractivity contribution in [2.24, 2.45) is 17.8 Å². The standard InChI is InChI=1S/C9H18O/c1-4-9(10)8-5-7(8)6(2)3/h6-10H,4-5H2,1-3H3. The van der Waals surface area contributed by atoms with Crippen LogP contribution in [-0.4, -0.2) is 11.2 Å². The molecule has 3 atom stereocenters. The first-order valence-corrected chi connectivity index (χ1v) is 4.34. The van der Waals surface area contributed by atoms with Crippen LogP contribution in [0.4, 0.5) is 0 Å². The van der Waals surface area contributed by atoms with Crippen molar-refractivity contribution < 1.29 is 5.11 Å². The molecule has 0 heterocycles. The third-order valence-corrected chi connectivity index (χ3v) is 2.66. The van der Waals surface area contributed by atoms with Gasteiger partial charge in [0.15, 0.2) is 0 Å². The van der Waals surface area contributed by atoms with E-state index in [4.69, 9.17) is 0 Å². The van der Waals surface area contributed by atoms with Crippen molar-refractivity contribution in [3.8, 4) is 0 Å². The fourth-order valence-electron chi connectivity index (χ4n) is 1.75. The fourth-order valence-corrected chi connectivity index (χ4v) is 1.75. The van der Waals surface area contributed by atoms with Crippen LogP contribution in [0.5, 0.6) is 0 Å². The highest BCUT2D eigenvalue weighted by atomic mass is 16.3. The molecule has 0 saturated heterocycles. The van der Waals surface area contributed by atoms with E-state index in [1.165, 1.54) is 6.42 Å². The normalized spacial score (nSPS) is 34.5. The number of hydrogen-bond donors (Lipinski definition) is 1. The maximum Gasteiger partial charge on any atom is 0.0568 e. The van der Waals surface area contributed by atoms with Crippen LogP contribution >= 0.6 is 0 Å². The molecule has 1 saturated carbocycles. The summed E-state index contributed by atoms with van der Waals surface area (Å²) >= 11 is 0. The van der Waals surface area contributed by atoms with Gasteiger partial charge in [0.25, 0.3) is 0 Å². The Kier molecular flexibility index (Phi) is 2.35. The molecule has 3 unspecified atom stereocenters. The minimum atomic E-state index is -0.0209. The Morgan fingerprint density at radius 3 is 2.30 bits per heavy atom. The Bertz CT molecular complexity index is 109. The zero-order chi connectivity index (χ0) is 7.72. The van der Waals surface area contributed by atoms with Crippen molar-refractivity contribution in [2.45, 2.75) is 39.7 Å². The first-order valence-electron chi connectivity index (χ1n) is 4.34. The molecule has 0 amide bonds. The lowest BCUT2D eigenvalue weighted by Crippen LogP contribution is -2.10.